The number of nitrogens with one attached hydrogen (secondary N) is 1. The lowest BCUT2D eigenvalue weighted by Gasteiger charge is -2.38. The Kier molecular flexibility index (Phi) is 8.44. The number of aryl methyl sites for hydroxylation is 3. The van der Waals surface area contributed by atoms with Crippen LogP contribution in [0.3, 0.4) is 0 Å². The van der Waals surface area contributed by atoms with E-state index in [2.05, 4.69) is 39.5 Å². The average molecular weight is 564 g/mol. The first-order valence-corrected chi connectivity index (χ1v) is 15.7. The van der Waals surface area contributed by atoms with Gasteiger partial charge in [-0.25, -0.2) is 13.4 Å². The first-order valence-electron chi connectivity index (χ1n) is 14.3. The van der Waals surface area contributed by atoms with Crippen LogP contribution in [0.25, 0.3) is 0 Å². The number of nitrogens with zero attached hydrogens (tertiary/aromatic N) is 4. The van der Waals surface area contributed by atoms with E-state index in [9.17, 15) is 13.2 Å². The number of rotatable bonds is 10. The number of aromatic nitrogens is 2. The molecule has 1 fully saturated rings. The Morgan fingerprint density at radius 2 is 1.80 bits per heavy atom. The molecule has 3 aromatic rings. The van der Waals surface area contributed by atoms with Crippen molar-refractivity contribution in [1.82, 2.24) is 24.1 Å². The van der Waals surface area contributed by atoms with Crippen LogP contribution < -0.4 is 5.32 Å². The predicted octanol–water partition coefficient (Wildman–Crippen LogP) is 3.45. The van der Waals surface area contributed by atoms with Crippen molar-refractivity contribution in [2.24, 2.45) is 7.05 Å². The van der Waals surface area contributed by atoms with Crippen molar-refractivity contribution in [3.8, 4) is 0 Å². The van der Waals surface area contributed by atoms with Gasteiger partial charge in [-0.3, -0.25) is 4.79 Å². The minimum atomic E-state index is -3.71. The molecule has 1 N–H and O–H groups in total. The summed E-state index contributed by atoms with van der Waals surface area (Å²) in [5.74, 6) is 0.756. The van der Waals surface area contributed by atoms with Crippen LogP contribution in [0.2, 0.25) is 0 Å². The van der Waals surface area contributed by atoms with Crippen LogP contribution in [0.15, 0.2) is 65.8 Å². The summed E-state index contributed by atoms with van der Waals surface area (Å²) in [5, 5.41) is 3.33. The van der Waals surface area contributed by atoms with Gasteiger partial charge < -0.3 is 14.8 Å². The Labute approximate surface area is 238 Å². The fraction of sp³-hybridized carbons (Fsp3) is 0.484. The maximum atomic E-state index is 13.5. The minimum absolute atomic E-state index is 0.0820. The van der Waals surface area contributed by atoms with Gasteiger partial charge in [0.15, 0.2) is 5.03 Å². The van der Waals surface area contributed by atoms with Crippen LogP contribution in [-0.2, 0) is 40.1 Å². The summed E-state index contributed by atoms with van der Waals surface area (Å²) in [6.45, 7) is 4.99. The van der Waals surface area contributed by atoms with Crippen molar-refractivity contribution in [3.05, 3.63) is 83.3 Å². The first kappa shape index (κ1) is 28.5. The highest BCUT2D eigenvalue weighted by molar-refractivity contribution is 7.89. The van der Waals surface area contributed by atoms with Crippen LogP contribution in [0.1, 0.15) is 48.2 Å². The number of imidazole rings is 1. The van der Waals surface area contributed by atoms with Gasteiger partial charge >= 0.3 is 0 Å². The molecule has 214 valence electrons. The number of carbonyl (C=O) groups excluding carboxylic acids is 1. The highest BCUT2D eigenvalue weighted by atomic mass is 32.2. The number of hydrogen-bond acceptors (Lipinski definition) is 5. The molecule has 1 saturated heterocycles. The molecule has 0 spiro atoms. The summed E-state index contributed by atoms with van der Waals surface area (Å²) in [5.41, 5.74) is 3.38. The third-order valence-electron chi connectivity index (χ3n) is 8.81. The number of fused-ring (bicyclic) bond motifs is 1. The van der Waals surface area contributed by atoms with E-state index in [4.69, 9.17) is 0 Å². The normalized spacial score (nSPS) is 20.1. The molecule has 0 saturated carbocycles. The monoisotopic (exact) mass is 563 g/mol. The Morgan fingerprint density at radius 3 is 2.50 bits per heavy atom. The molecule has 0 bridgehead atoms. The van der Waals surface area contributed by atoms with Gasteiger partial charge in [0.2, 0.25) is 5.91 Å². The molecule has 1 amide bonds. The van der Waals surface area contributed by atoms with Crippen molar-refractivity contribution in [2.75, 3.05) is 33.2 Å². The van der Waals surface area contributed by atoms with E-state index in [0.29, 0.717) is 18.8 Å². The molecule has 0 radical (unpaired) electrons. The molecule has 2 aromatic carbocycles. The molecular weight excluding hydrogens is 522 g/mol. The standard InChI is InChI=1S/C31H41N5O3S/c1-24-32-30(22-34(24)2)40(38,39)35(3)23-31(16-13-26-11-7-8-12-28(26)31)17-20-36-18-14-27(15-19-36)33-29(37)21-25-9-5-4-6-10-25/h4-12,22,27H,13-21,23H2,1-3H3,(H,33,37). The molecule has 40 heavy (non-hydrogen) atoms. The van der Waals surface area contributed by atoms with Crippen molar-refractivity contribution in [1.29, 1.82) is 0 Å². The summed E-state index contributed by atoms with van der Waals surface area (Å²) < 4.78 is 30.2. The van der Waals surface area contributed by atoms with E-state index in [-0.39, 0.29) is 22.4 Å². The fourth-order valence-corrected chi connectivity index (χ4v) is 7.60. The largest absolute Gasteiger partial charge is 0.353 e. The van der Waals surface area contributed by atoms with Gasteiger partial charge in [-0.2, -0.15) is 4.31 Å². The van der Waals surface area contributed by atoms with Gasteiger partial charge in [-0.15, -0.1) is 0 Å². The Bertz CT molecular complexity index is 1410. The Balaban J connectivity index is 1.22. The lowest BCUT2D eigenvalue weighted by molar-refractivity contribution is -0.121. The average Bonchev–Trinajstić information content (AvgIpc) is 3.49. The van der Waals surface area contributed by atoms with E-state index < -0.39 is 10.0 Å². The number of hydrogen-bond donors (Lipinski definition) is 1. The van der Waals surface area contributed by atoms with Crippen molar-refractivity contribution >= 4 is 15.9 Å². The number of carbonyl (C=O) groups is 1. The van der Waals surface area contributed by atoms with Crippen LogP contribution in [0.5, 0.6) is 0 Å². The third-order valence-corrected chi connectivity index (χ3v) is 10.5. The number of piperidine rings is 1. The van der Waals surface area contributed by atoms with E-state index in [0.717, 1.165) is 57.3 Å². The molecule has 1 aliphatic heterocycles. The first-order chi connectivity index (χ1) is 19.2. The molecule has 8 nitrogen and oxygen atoms in total. The van der Waals surface area contributed by atoms with E-state index in [1.807, 2.05) is 44.3 Å². The highest BCUT2D eigenvalue weighted by Gasteiger charge is 2.42. The van der Waals surface area contributed by atoms with Crippen LogP contribution in [0.4, 0.5) is 0 Å². The molecule has 2 aliphatic rings. The van der Waals surface area contributed by atoms with Crippen molar-refractivity contribution < 1.29 is 13.2 Å². The maximum absolute atomic E-state index is 13.5. The second kappa shape index (κ2) is 11.8. The molecule has 1 unspecified atom stereocenters. The van der Waals surface area contributed by atoms with E-state index in [1.165, 1.54) is 15.4 Å². The number of likely N-dealkylation sites (N-methyl/N-ethyl adjacent to an activating group) is 1. The lowest BCUT2D eigenvalue weighted by atomic mass is 9.78. The SMILES string of the molecule is Cc1nc(S(=O)(=O)N(C)CC2(CCN3CCC(NC(=O)Cc4ccccc4)CC3)CCc3ccccc32)cn1C. The van der Waals surface area contributed by atoms with Gasteiger partial charge in [0.05, 0.1) is 6.42 Å². The zero-order valence-corrected chi connectivity index (χ0v) is 24.7. The van der Waals surface area contributed by atoms with Crippen LogP contribution in [0, 0.1) is 6.92 Å². The van der Waals surface area contributed by atoms with Gasteiger partial charge in [-0.05, 0) is 62.3 Å². The predicted molar refractivity (Wildman–Crippen MR) is 157 cm³/mol. The smallest absolute Gasteiger partial charge is 0.261 e. The summed E-state index contributed by atoms with van der Waals surface area (Å²) in [7, 11) is -0.206. The quantitative estimate of drug-likeness (QED) is 0.408. The second-order valence-electron chi connectivity index (χ2n) is 11.5. The number of sulfonamides is 1. The third kappa shape index (κ3) is 6.16. The Morgan fingerprint density at radius 1 is 1.10 bits per heavy atom. The van der Waals surface area contributed by atoms with Crippen molar-refractivity contribution in [2.45, 2.75) is 61.9 Å². The maximum Gasteiger partial charge on any atom is 0.261 e. The molecule has 1 aliphatic carbocycles. The number of amides is 1. The van der Waals surface area contributed by atoms with Crippen LogP contribution >= 0.6 is 0 Å². The zero-order chi connectivity index (χ0) is 28.3. The number of likely N-dealkylation sites (tertiary alicyclic amines) is 1. The topological polar surface area (TPSA) is 87.5 Å². The van der Waals surface area contributed by atoms with E-state index in [1.54, 1.807) is 17.8 Å². The molecule has 1 atom stereocenters. The van der Waals surface area contributed by atoms with Gasteiger partial charge in [0.1, 0.15) is 5.82 Å². The second-order valence-corrected chi connectivity index (χ2v) is 13.5. The minimum Gasteiger partial charge on any atom is -0.353 e. The molecule has 5 rings (SSSR count). The summed E-state index contributed by atoms with van der Waals surface area (Å²) in [6, 6.07) is 18.6. The van der Waals surface area contributed by atoms with Gasteiger partial charge in [0, 0.05) is 51.4 Å². The summed E-state index contributed by atoms with van der Waals surface area (Å²) >= 11 is 0. The molecule has 9 heteroatoms. The van der Waals surface area contributed by atoms with Crippen molar-refractivity contribution in [3.63, 3.8) is 0 Å². The highest BCUT2D eigenvalue weighted by Crippen LogP contribution is 2.43. The van der Waals surface area contributed by atoms with Gasteiger partial charge in [0.25, 0.3) is 10.0 Å². The Hall–Kier alpha value is -3.01. The fourth-order valence-electron chi connectivity index (χ4n) is 6.32. The summed E-state index contributed by atoms with van der Waals surface area (Å²) in [4.78, 5) is 19.3. The number of benzene rings is 2. The molecule has 1 aromatic heterocycles. The zero-order valence-electron chi connectivity index (χ0n) is 23.8. The molecular formula is C31H41N5O3S. The van der Waals surface area contributed by atoms with E-state index >= 15 is 0 Å². The molecule has 2 heterocycles. The lowest BCUT2D eigenvalue weighted by Crippen LogP contribution is -2.47. The summed E-state index contributed by atoms with van der Waals surface area (Å²) in [6.07, 6.45) is 6.64. The van der Waals surface area contributed by atoms with Gasteiger partial charge in [-0.1, -0.05) is 54.6 Å². The van der Waals surface area contributed by atoms with Crippen LogP contribution in [-0.4, -0.2) is 72.3 Å².